The molecule has 0 aliphatic heterocycles. The number of nitrogen functional groups attached to an aromatic ring is 1. The zero-order valence-corrected chi connectivity index (χ0v) is 11.9. The van der Waals surface area contributed by atoms with Gasteiger partial charge in [-0.2, -0.15) is 0 Å². The Morgan fingerprint density at radius 3 is 2.67 bits per heavy atom. The van der Waals surface area contributed by atoms with Gasteiger partial charge >= 0.3 is 5.97 Å². The highest BCUT2D eigenvalue weighted by atomic mass is 35.5. The lowest BCUT2D eigenvalue weighted by molar-refractivity contribution is 0.0467. The van der Waals surface area contributed by atoms with Crippen molar-refractivity contribution in [3.63, 3.8) is 0 Å². The number of benzene rings is 2. The van der Waals surface area contributed by atoms with E-state index in [4.69, 9.17) is 22.1 Å². The second kappa shape index (κ2) is 6.10. The molecule has 0 amide bonds. The predicted octanol–water partition coefficient (Wildman–Crippen LogP) is 3.87. The Morgan fingerprint density at radius 2 is 2.00 bits per heavy atom. The Labute approximate surface area is 125 Å². The fourth-order valence-electron chi connectivity index (χ4n) is 1.80. The zero-order chi connectivity index (χ0) is 15.6. The molecule has 0 radical (unpaired) electrons. The van der Waals surface area contributed by atoms with Crippen molar-refractivity contribution in [2.75, 3.05) is 5.73 Å². The van der Waals surface area contributed by atoms with Gasteiger partial charge in [0.05, 0.1) is 10.6 Å². The molecule has 0 aliphatic carbocycles. The van der Waals surface area contributed by atoms with Gasteiger partial charge in [-0.3, -0.25) is 0 Å². The molecule has 3 nitrogen and oxygen atoms in total. The third kappa shape index (κ3) is 3.49. The van der Waals surface area contributed by atoms with E-state index in [-0.39, 0.29) is 28.4 Å². The summed E-state index contributed by atoms with van der Waals surface area (Å²) in [5, 5.41) is -0.0745. The van der Waals surface area contributed by atoms with Gasteiger partial charge in [0, 0.05) is 5.69 Å². The molecule has 0 saturated heterocycles. The van der Waals surface area contributed by atoms with Gasteiger partial charge in [-0.15, -0.1) is 0 Å². The van der Waals surface area contributed by atoms with E-state index < -0.39 is 17.6 Å². The molecule has 0 aromatic heterocycles. The number of carbonyl (C=O) groups is 1. The first-order valence-electron chi connectivity index (χ1n) is 6.05. The molecule has 2 rings (SSSR count). The Morgan fingerprint density at radius 1 is 1.29 bits per heavy atom. The molecule has 2 N–H and O–H groups in total. The van der Waals surface area contributed by atoms with Crippen LogP contribution in [-0.4, -0.2) is 5.97 Å². The summed E-state index contributed by atoms with van der Waals surface area (Å²) in [5.74, 6) is -2.08. The molecule has 0 heterocycles. The molecule has 0 atom stereocenters. The van der Waals surface area contributed by atoms with Crippen LogP contribution in [0, 0.1) is 18.6 Å². The van der Waals surface area contributed by atoms with E-state index in [0.717, 1.165) is 6.07 Å². The third-order valence-corrected chi connectivity index (χ3v) is 3.14. The highest BCUT2D eigenvalue weighted by Crippen LogP contribution is 2.20. The molecule has 110 valence electrons. The molecule has 6 heteroatoms. The minimum atomic E-state index is -0.844. The van der Waals surface area contributed by atoms with Gasteiger partial charge in [0.15, 0.2) is 0 Å². The van der Waals surface area contributed by atoms with E-state index in [1.807, 2.05) is 0 Å². The molecule has 0 unspecified atom stereocenters. The van der Waals surface area contributed by atoms with Crippen molar-refractivity contribution in [1.29, 1.82) is 0 Å². The Bertz CT molecular complexity index is 704. The Hall–Kier alpha value is -2.14. The summed E-state index contributed by atoms with van der Waals surface area (Å²) >= 11 is 5.62. The van der Waals surface area contributed by atoms with Crippen LogP contribution in [0.15, 0.2) is 30.3 Å². The number of rotatable bonds is 3. The number of hydrogen-bond acceptors (Lipinski definition) is 3. The van der Waals surface area contributed by atoms with E-state index >= 15 is 0 Å². The average molecular weight is 312 g/mol. The highest BCUT2D eigenvalue weighted by Gasteiger charge is 2.16. The minimum absolute atomic E-state index is 0.0745. The molecule has 0 spiro atoms. The summed E-state index contributed by atoms with van der Waals surface area (Å²) in [5.41, 5.74) is 6.36. The molecular weight excluding hydrogens is 300 g/mol. The van der Waals surface area contributed by atoms with Gasteiger partial charge in [-0.05, 0) is 42.3 Å². The molecule has 2 aromatic rings. The average Bonchev–Trinajstić information content (AvgIpc) is 2.43. The van der Waals surface area contributed by atoms with Gasteiger partial charge in [0.2, 0.25) is 0 Å². The van der Waals surface area contributed by atoms with Crippen LogP contribution in [0.25, 0.3) is 0 Å². The fraction of sp³-hybridized carbons (Fsp3) is 0.133. The lowest BCUT2D eigenvalue weighted by Crippen LogP contribution is -2.09. The molecular formula is C15H12ClF2NO2. The zero-order valence-electron chi connectivity index (χ0n) is 11.1. The lowest BCUT2D eigenvalue weighted by Gasteiger charge is -2.08. The van der Waals surface area contributed by atoms with Crippen LogP contribution in [0.2, 0.25) is 5.02 Å². The van der Waals surface area contributed by atoms with Crippen molar-refractivity contribution in [2.45, 2.75) is 13.5 Å². The second-order valence-electron chi connectivity index (χ2n) is 4.52. The quantitative estimate of drug-likeness (QED) is 0.691. The SMILES string of the molecule is Cc1cc(N)cc(C(=O)OCc2ccc(F)c(Cl)c2)c1F. The van der Waals surface area contributed by atoms with Gasteiger partial charge in [-0.1, -0.05) is 17.7 Å². The van der Waals surface area contributed by atoms with Crippen LogP contribution in [-0.2, 0) is 11.3 Å². The number of halogens is 3. The van der Waals surface area contributed by atoms with E-state index in [1.54, 1.807) is 0 Å². The van der Waals surface area contributed by atoms with E-state index in [1.165, 1.54) is 31.2 Å². The van der Waals surface area contributed by atoms with Crippen molar-refractivity contribution < 1.29 is 18.3 Å². The van der Waals surface area contributed by atoms with Crippen LogP contribution < -0.4 is 5.73 Å². The number of nitrogens with two attached hydrogens (primary N) is 1. The standard InChI is InChI=1S/C15H12ClF2NO2/c1-8-4-10(19)6-11(14(8)18)15(20)21-7-9-2-3-13(17)12(16)5-9/h2-6H,7,19H2,1H3. The van der Waals surface area contributed by atoms with Crippen LogP contribution in [0.4, 0.5) is 14.5 Å². The molecule has 0 saturated carbocycles. The number of carbonyl (C=O) groups excluding carboxylic acids is 1. The van der Waals surface area contributed by atoms with Crippen molar-refractivity contribution in [2.24, 2.45) is 0 Å². The summed E-state index contributed by atoms with van der Waals surface area (Å²) in [4.78, 5) is 11.9. The van der Waals surface area contributed by atoms with Gasteiger partial charge in [-0.25, -0.2) is 13.6 Å². The van der Waals surface area contributed by atoms with Crippen molar-refractivity contribution in [3.05, 3.63) is 63.7 Å². The van der Waals surface area contributed by atoms with E-state index in [2.05, 4.69) is 0 Å². The minimum Gasteiger partial charge on any atom is -0.457 e. The topological polar surface area (TPSA) is 52.3 Å². The van der Waals surface area contributed by atoms with Crippen LogP contribution in [0.1, 0.15) is 21.5 Å². The molecule has 0 fully saturated rings. The number of ether oxygens (including phenoxy) is 1. The number of aryl methyl sites for hydroxylation is 1. The number of anilines is 1. The van der Waals surface area contributed by atoms with Gasteiger partial charge in [0.25, 0.3) is 0 Å². The summed E-state index contributed by atoms with van der Waals surface area (Å²) in [6.07, 6.45) is 0. The number of esters is 1. The largest absolute Gasteiger partial charge is 0.457 e. The first-order valence-corrected chi connectivity index (χ1v) is 6.43. The van der Waals surface area contributed by atoms with Crippen LogP contribution >= 0.6 is 11.6 Å². The summed E-state index contributed by atoms with van der Waals surface area (Å²) in [6.45, 7) is 1.36. The van der Waals surface area contributed by atoms with Gasteiger partial charge in [0.1, 0.15) is 18.2 Å². The van der Waals surface area contributed by atoms with Gasteiger partial charge < -0.3 is 10.5 Å². The van der Waals surface area contributed by atoms with E-state index in [0.29, 0.717) is 5.56 Å². The van der Waals surface area contributed by atoms with Crippen molar-refractivity contribution >= 4 is 23.3 Å². The normalized spacial score (nSPS) is 10.5. The Balaban J connectivity index is 2.13. The monoisotopic (exact) mass is 311 g/mol. The maximum absolute atomic E-state index is 13.8. The fourth-order valence-corrected chi connectivity index (χ4v) is 2.01. The predicted molar refractivity (Wildman–Crippen MR) is 76.1 cm³/mol. The van der Waals surface area contributed by atoms with Crippen molar-refractivity contribution in [1.82, 2.24) is 0 Å². The molecule has 21 heavy (non-hydrogen) atoms. The maximum Gasteiger partial charge on any atom is 0.341 e. The molecule has 0 bridgehead atoms. The smallest absolute Gasteiger partial charge is 0.341 e. The summed E-state index contributed by atoms with van der Waals surface area (Å²) in [6, 6.07) is 6.56. The van der Waals surface area contributed by atoms with Crippen LogP contribution in [0.3, 0.4) is 0 Å². The summed E-state index contributed by atoms with van der Waals surface area (Å²) < 4.78 is 31.8. The first kappa shape index (κ1) is 15.3. The highest BCUT2D eigenvalue weighted by molar-refractivity contribution is 6.30. The third-order valence-electron chi connectivity index (χ3n) is 2.85. The van der Waals surface area contributed by atoms with E-state index in [9.17, 15) is 13.6 Å². The maximum atomic E-state index is 13.8. The van der Waals surface area contributed by atoms with Crippen molar-refractivity contribution in [3.8, 4) is 0 Å². The molecule has 2 aromatic carbocycles. The van der Waals surface area contributed by atoms with Crippen LogP contribution in [0.5, 0.6) is 0 Å². The first-order chi connectivity index (χ1) is 9.88. The lowest BCUT2D eigenvalue weighted by atomic mass is 10.1. The second-order valence-corrected chi connectivity index (χ2v) is 4.93. The Kier molecular flexibility index (Phi) is 4.43. The molecule has 0 aliphatic rings. The summed E-state index contributed by atoms with van der Waals surface area (Å²) in [7, 11) is 0. The number of hydrogen-bond donors (Lipinski definition) is 1.